The maximum Gasteiger partial charge on any atom is 0.325 e. The fraction of sp³-hybridized carbons (Fsp3) is 0.900. The molecule has 0 aliphatic carbocycles. The van der Waals surface area contributed by atoms with Crippen LogP contribution < -0.4 is 5.32 Å². The Kier molecular flexibility index (Phi) is 6.49. The number of methoxy groups -OCH3 is 2. The van der Waals surface area contributed by atoms with Crippen LogP contribution in [-0.4, -0.2) is 38.9 Å². The third kappa shape index (κ3) is 4.07. The van der Waals surface area contributed by atoms with Crippen LogP contribution in [0.2, 0.25) is 0 Å². The quantitative estimate of drug-likeness (QED) is 0.626. The molecule has 0 saturated heterocycles. The Morgan fingerprint density at radius 1 is 1.43 bits per heavy atom. The fourth-order valence-corrected chi connectivity index (χ4v) is 1.19. The first kappa shape index (κ1) is 13.4. The van der Waals surface area contributed by atoms with E-state index in [2.05, 4.69) is 12.2 Å². The molecule has 1 N–H and O–H groups in total. The molecule has 0 heterocycles. The molecule has 0 aromatic rings. The van der Waals surface area contributed by atoms with E-state index in [1.54, 1.807) is 7.11 Å². The molecule has 4 nitrogen and oxygen atoms in total. The van der Waals surface area contributed by atoms with Gasteiger partial charge < -0.3 is 14.8 Å². The Labute approximate surface area is 86.0 Å². The van der Waals surface area contributed by atoms with Gasteiger partial charge in [0.1, 0.15) is 5.54 Å². The maximum absolute atomic E-state index is 11.5. The van der Waals surface area contributed by atoms with E-state index in [1.165, 1.54) is 7.11 Å². The molecule has 1 atom stereocenters. The lowest BCUT2D eigenvalue weighted by molar-refractivity contribution is -0.148. The van der Waals surface area contributed by atoms with Crippen molar-refractivity contribution >= 4 is 5.97 Å². The molecule has 0 amide bonds. The van der Waals surface area contributed by atoms with E-state index >= 15 is 0 Å². The fourth-order valence-electron chi connectivity index (χ4n) is 1.19. The third-order valence-electron chi connectivity index (χ3n) is 2.21. The average Bonchev–Trinajstić information content (AvgIpc) is 2.22. The van der Waals surface area contributed by atoms with Gasteiger partial charge in [0.15, 0.2) is 0 Å². The van der Waals surface area contributed by atoms with Crippen molar-refractivity contribution in [3.05, 3.63) is 0 Å². The summed E-state index contributed by atoms with van der Waals surface area (Å²) in [4.78, 5) is 11.5. The van der Waals surface area contributed by atoms with Crippen LogP contribution >= 0.6 is 0 Å². The van der Waals surface area contributed by atoms with Crippen molar-refractivity contribution in [2.45, 2.75) is 32.2 Å². The number of ether oxygens (including phenoxy) is 2. The van der Waals surface area contributed by atoms with Crippen LogP contribution in [0.4, 0.5) is 0 Å². The second kappa shape index (κ2) is 6.79. The topological polar surface area (TPSA) is 47.6 Å². The SMILES string of the molecule is CCCNC(C)(CCOC)C(=O)OC. The molecule has 0 bridgehead atoms. The number of carbonyl (C=O) groups is 1. The van der Waals surface area contributed by atoms with Gasteiger partial charge in [0, 0.05) is 13.7 Å². The lowest BCUT2D eigenvalue weighted by Crippen LogP contribution is -2.51. The van der Waals surface area contributed by atoms with E-state index in [9.17, 15) is 4.79 Å². The van der Waals surface area contributed by atoms with E-state index in [4.69, 9.17) is 9.47 Å². The molecular formula is C10H21NO3. The molecule has 14 heavy (non-hydrogen) atoms. The minimum Gasteiger partial charge on any atom is -0.468 e. The smallest absolute Gasteiger partial charge is 0.325 e. The summed E-state index contributed by atoms with van der Waals surface area (Å²) in [5.74, 6) is -0.233. The molecule has 0 saturated carbocycles. The van der Waals surface area contributed by atoms with Crippen LogP contribution in [0.3, 0.4) is 0 Å². The number of hydrogen-bond donors (Lipinski definition) is 1. The van der Waals surface area contributed by atoms with Gasteiger partial charge in [-0.3, -0.25) is 4.79 Å². The number of esters is 1. The standard InChI is InChI=1S/C10H21NO3/c1-5-7-11-10(2,6-8-13-3)9(12)14-4/h11H,5-8H2,1-4H3. The highest BCUT2D eigenvalue weighted by atomic mass is 16.5. The Hall–Kier alpha value is -0.610. The normalized spacial score (nSPS) is 14.9. The third-order valence-corrected chi connectivity index (χ3v) is 2.21. The van der Waals surface area contributed by atoms with E-state index in [1.807, 2.05) is 6.92 Å². The summed E-state index contributed by atoms with van der Waals surface area (Å²) in [6, 6.07) is 0. The molecule has 0 rings (SSSR count). The molecule has 1 unspecified atom stereocenters. The van der Waals surface area contributed by atoms with Crippen molar-refractivity contribution in [2.24, 2.45) is 0 Å². The van der Waals surface area contributed by atoms with E-state index in [0.717, 1.165) is 13.0 Å². The monoisotopic (exact) mass is 203 g/mol. The number of carbonyl (C=O) groups excluding carboxylic acids is 1. The first-order chi connectivity index (χ1) is 6.60. The zero-order valence-electron chi connectivity index (χ0n) is 9.55. The Morgan fingerprint density at radius 3 is 2.50 bits per heavy atom. The van der Waals surface area contributed by atoms with Crippen molar-refractivity contribution < 1.29 is 14.3 Å². The van der Waals surface area contributed by atoms with Crippen LogP contribution in [0, 0.1) is 0 Å². The number of hydrogen-bond acceptors (Lipinski definition) is 4. The first-order valence-corrected chi connectivity index (χ1v) is 4.93. The van der Waals surface area contributed by atoms with E-state index in [-0.39, 0.29) is 5.97 Å². The van der Waals surface area contributed by atoms with Crippen LogP contribution in [0.15, 0.2) is 0 Å². The largest absolute Gasteiger partial charge is 0.468 e. The average molecular weight is 203 g/mol. The van der Waals surface area contributed by atoms with E-state index in [0.29, 0.717) is 13.0 Å². The van der Waals surface area contributed by atoms with Gasteiger partial charge in [0.05, 0.1) is 7.11 Å². The summed E-state index contributed by atoms with van der Waals surface area (Å²) in [5, 5.41) is 3.18. The molecule has 0 spiro atoms. The zero-order chi connectivity index (χ0) is 11.0. The highest BCUT2D eigenvalue weighted by Crippen LogP contribution is 2.11. The highest BCUT2D eigenvalue weighted by molar-refractivity contribution is 5.80. The Morgan fingerprint density at radius 2 is 2.07 bits per heavy atom. The molecular weight excluding hydrogens is 182 g/mol. The lowest BCUT2D eigenvalue weighted by atomic mass is 9.98. The summed E-state index contributed by atoms with van der Waals surface area (Å²) in [7, 11) is 3.03. The van der Waals surface area contributed by atoms with Gasteiger partial charge in [-0.2, -0.15) is 0 Å². The van der Waals surface area contributed by atoms with Crippen LogP contribution in [0.1, 0.15) is 26.7 Å². The summed E-state index contributed by atoms with van der Waals surface area (Å²) < 4.78 is 9.72. The van der Waals surface area contributed by atoms with Gasteiger partial charge in [-0.1, -0.05) is 6.92 Å². The zero-order valence-corrected chi connectivity index (χ0v) is 9.55. The Bertz CT molecular complexity index is 163. The van der Waals surface area contributed by atoms with Gasteiger partial charge in [0.25, 0.3) is 0 Å². The molecule has 84 valence electrons. The van der Waals surface area contributed by atoms with Crippen molar-refractivity contribution in [2.75, 3.05) is 27.4 Å². The number of nitrogens with one attached hydrogen (secondary N) is 1. The molecule has 0 fully saturated rings. The van der Waals surface area contributed by atoms with Crippen LogP contribution in [0.5, 0.6) is 0 Å². The highest BCUT2D eigenvalue weighted by Gasteiger charge is 2.32. The van der Waals surface area contributed by atoms with Crippen molar-refractivity contribution in [3.8, 4) is 0 Å². The van der Waals surface area contributed by atoms with Crippen molar-refractivity contribution in [1.82, 2.24) is 5.32 Å². The van der Waals surface area contributed by atoms with Gasteiger partial charge >= 0.3 is 5.97 Å². The first-order valence-electron chi connectivity index (χ1n) is 4.93. The minimum atomic E-state index is -0.624. The maximum atomic E-state index is 11.5. The Balaban J connectivity index is 4.24. The predicted octanol–water partition coefficient (Wildman–Crippen LogP) is 0.954. The summed E-state index contributed by atoms with van der Waals surface area (Å²) in [6.07, 6.45) is 1.61. The summed E-state index contributed by atoms with van der Waals surface area (Å²) in [6.45, 7) is 5.24. The molecule has 0 aliphatic rings. The second-order valence-electron chi connectivity index (χ2n) is 3.49. The summed E-state index contributed by atoms with van der Waals surface area (Å²) >= 11 is 0. The van der Waals surface area contributed by atoms with E-state index < -0.39 is 5.54 Å². The van der Waals surface area contributed by atoms with Crippen molar-refractivity contribution in [3.63, 3.8) is 0 Å². The van der Waals surface area contributed by atoms with Crippen molar-refractivity contribution in [1.29, 1.82) is 0 Å². The molecule has 0 aromatic heterocycles. The molecule has 4 heteroatoms. The minimum absolute atomic E-state index is 0.233. The molecule has 0 aliphatic heterocycles. The number of rotatable bonds is 7. The predicted molar refractivity (Wildman–Crippen MR) is 55.2 cm³/mol. The van der Waals surface area contributed by atoms with Crippen LogP contribution in [0.25, 0.3) is 0 Å². The molecule has 0 radical (unpaired) electrons. The van der Waals surface area contributed by atoms with Crippen LogP contribution in [-0.2, 0) is 14.3 Å². The van der Waals surface area contributed by atoms with Gasteiger partial charge in [-0.15, -0.1) is 0 Å². The lowest BCUT2D eigenvalue weighted by Gasteiger charge is -2.27. The van der Waals surface area contributed by atoms with Gasteiger partial charge in [0.2, 0.25) is 0 Å². The van der Waals surface area contributed by atoms with Gasteiger partial charge in [-0.25, -0.2) is 0 Å². The summed E-state index contributed by atoms with van der Waals surface area (Å²) in [5.41, 5.74) is -0.624. The van der Waals surface area contributed by atoms with Gasteiger partial charge in [-0.05, 0) is 26.3 Å². The molecule has 0 aromatic carbocycles. The second-order valence-corrected chi connectivity index (χ2v) is 3.49.